The fraction of sp³-hybridized carbons (Fsp3) is 0.765. The number of hydrogen-bond donors (Lipinski definition) is 3. The Morgan fingerprint density at radius 1 is 1.08 bits per heavy atom. The Bertz CT molecular complexity index is 567. The lowest BCUT2D eigenvalue weighted by Crippen LogP contribution is -2.53. The highest BCUT2D eigenvalue weighted by molar-refractivity contribution is 5.92. The lowest BCUT2D eigenvalue weighted by Gasteiger charge is -2.28. The molecule has 2 fully saturated rings. The highest BCUT2D eigenvalue weighted by Gasteiger charge is 2.37. The number of nitrogens with one attached hydrogen (secondary N) is 1. The van der Waals surface area contributed by atoms with Gasteiger partial charge in [0.15, 0.2) is 0 Å². The van der Waals surface area contributed by atoms with E-state index in [9.17, 15) is 24.3 Å². The van der Waals surface area contributed by atoms with Crippen molar-refractivity contribution in [2.75, 3.05) is 19.6 Å². The van der Waals surface area contributed by atoms with Gasteiger partial charge in [0.1, 0.15) is 12.1 Å². The van der Waals surface area contributed by atoms with E-state index < -0.39 is 24.0 Å². The van der Waals surface area contributed by atoms with Crippen LogP contribution in [0.1, 0.15) is 45.4 Å². The van der Waals surface area contributed by atoms with Crippen molar-refractivity contribution < 1.29 is 29.4 Å². The van der Waals surface area contributed by atoms with Gasteiger partial charge in [0.05, 0.1) is 6.04 Å². The summed E-state index contributed by atoms with van der Waals surface area (Å²) < 4.78 is 0. The number of carboxylic acid groups (broad SMARTS) is 2. The highest BCUT2D eigenvalue weighted by Crippen LogP contribution is 2.20. The Balaban J connectivity index is 1.88. The van der Waals surface area contributed by atoms with E-state index in [1.54, 1.807) is 6.92 Å². The maximum Gasteiger partial charge on any atom is 0.326 e. The summed E-state index contributed by atoms with van der Waals surface area (Å²) in [6.07, 6.45) is 3.12. The predicted octanol–water partition coefficient (Wildman–Crippen LogP) is -0.104. The number of aliphatic carboxylic acids is 2. The van der Waals surface area contributed by atoms with Crippen molar-refractivity contribution in [3.63, 3.8) is 0 Å². The first-order chi connectivity index (χ1) is 12.3. The maximum absolute atomic E-state index is 12.5. The Hall–Kier alpha value is -2.16. The van der Waals surface area contributed by atoms with Crippen LogP contribution in [0.3, 0.4) is 0 Å². The molecule has 9 nitrogen and oxygen atoms in total. The standard InChI is InChI=1S/C17H27N3O6/c1-11(16(24)20-10-3-6-13(20)17(25)26)18-15(23)12-5-2-8-19(12)9-4-7-14(21)22/h11-13H,2-10H2,1H3,(H,18,23)(H,21,22)(H,25,26)/t11-,12?,13-/m0/s1. The number of carboxylic acids is 2. The zero-order valence-electron chi connectivity index (χ0n) is 15.0. The van der Waals surface area contributed by atoms with Crippen LogP contribution in [0.15, 0.2) is 0 Å². The lowest BCUT2D eigenvalue weighted by molar-refractivity contribution is -0.149. The van der Waals surface area contributed by atoms with E-state index >= 15 is 0 Å². The molecule has 0 aromatic heterocycles. The molecule has 3 N–H and O–H groups in total. The Morgan fingerprint density at radius 2 is 1.73 bits per heavy atom. The van der Waals surface area contributed by atoms with Gasteiger partial charge in [0.2, 0.25) is 11.8 Å². The molecule has 0 aromatic carbocycles. The third-order valence-electron chi connectivity index (χ3n) is 5.05. The van der Waals surface area contributed by atoms with E-state index in [4.69, 9.17) is 5.11 Å². The van der Waals surface area contributed by atoms with Crippen molar-refractivity contribution in [3.8, 4) is 0 Å². The molecule has 3 atom stereocenters. The number of carbonyl (C=O) groups is 4. The minimum atomic E-state index is -1.02. The van der Waals surface area contributed by atoms with Crippen LogP contribution in [-0.2, 0) is 19.2 Å². The summed E-state index contributed by atoms with van der Waals surface area (Å²) in [4.78, 5) is 50.2. The van der Waals surface area contributed by atoms with Gasteiger partial charge in [-0.15, -0.1) is 0 Å². The Morgan fingerprint density at radius 3 is 2.38 bits per heavy atom. The number of nitrogens with zero attached hydrogens (tertiary/aromatic N) is 2. The molecule has 2 heterocycles. The van der Waals surface area contributed by atoms with Gasteiger partial charge in [-0.1, -0.05) is 0 Å². The molecule has 1 unspecified atom stereocenters. The third kappa shape index (κ3) is 4.94. The molecule has 0 saturated carbocycles. The fourth-order valence-electron chi connectivity index (χ4n) is 3.73. The average molecular weight is 369 g/mol. The number of carbonyl (C=O) groups excluding carboxylic acids is 2. The fourth-order valence-corrected chi connectivity index (χ4v) is 3.73. The molecule has 0 bridgehead atoms. The van der Waals surface area contributed by atoms with E-state index in [-0.39, 0.29) is 24.3 Å². The molecule has 9 heteroatoms. The third-order valence-corrected chi connectivity index (χ3v) is 5.05. The number of likely N-dealkylation sites (tertiary alicyclic amines) is 2. The zero-order chi connectivity index (χ0) is 19.3. The summed E-state index contributed by atoms with van der Waals surface area (Å²) in [5.74, 6) is -2.51. The molecule has 2 aliphatic rings. The first-order valence-corrected chi connectivity index (χ1v) is 9.10. The average Bonchev–Trinajstić information content (AvgIpc) is 3.22. The number of hydrogen-bond acceptors (Lipinski definition) is 5. The largest absolute Gasteiger partial charge is 0.481 e. The van der Waals surface area contributed by atoms with Crippen molar-refractivity contribution >= 4 is 23.8 Å². The molecule has 26 heavy (non-hydrogen) atoms. The summed E-state index contributed by atoms with van der Waals surface area (Å²) in [6, 6.07) is -1.97. The minimum absolute atomic E-state index is 0.0608. The summed E-state index contributed by atoms with van der Waals surface area (Å²) >= 11 is 0. The van der Waals surface area contributed by atoms with Gasteiger partial charge in [0.25, 0.3) is 0 Å². The van der Waals surface area contributed by atoms with Gasteiger partial charge in [-0.3, -0.25) is 19.3 Å². The van der Waals surface area contributed by atoms with E-state index in [1.165, 1.54) is 4.90 Å². The van der Waals surface area contributed by atoms with Crippen LogP contribution < -0.4 is 5.32 Å². The van der Waals surface area contributed by atoms with Gasteiger partial charge in [-0.25, -0.2) is 4.79 Å². The summed E-state index contributed by atoms with van der Waals surface area (Å²) in [5.41, 5.74) is 0. The van der Waals surface area contributed by atoms with Crippen LogP contribution in [0.25, 0.3) is 0 Å². The molecule has 2 amide bonds. The van der Waals surface area contributed by atoms with Crippen LogP contribution >= 0.6 is 0 Å². The molecule has 0 aromatic rings. The van der Waals surface area contributed by atoms with Crippen LogP contribution in [-0.4, -0.2) is 81.5 Å². The molecule has 0 spiro atoms. The topological polar surface area (TPSA) is 127 Å². The second kappa shape index (κ2) is 8.98. The lowest BCUT2D eigenvalue weighted by atomic mass is 10.1. The quantitative estimate of drug-likeness (QED) is 0.545. The minimum Gasteiger partial charge on any atom is -0.481 e. The number of amides is 2. The second-order valence-electron chi connectivity index (χ2n) is 6.95. The van der Waals surface area contributed by atoms with E-state index in [0.717, 1.165) is 13.0 Å². The molecule has 2 rings (SSSR count). The monoisotopic (exact) mass is 369 g/mol. The first-order valence-electron chi connectivity index (χ1n) is 9.10. The van der Waals surface area contributed by atoms with E-state index in [2.05, 4.69) is 5.32 Å². The van der Waals surface area contributed by atoms with E-state index in [0.29, 0.717) is 38.8 Å². The van der Waals surface area contributed by atoms with Gasteiger partial charge in [-0.05, 0) is 52.1 Å². The van der Waals surface area contributed by atoms with Gasteiger partial charge >= 0.3 is 11.9 Å². The molecule has 146 valence electrons. The molecule has 2 saturated heterocycles. The van der Waals surface area contributed by atoms with Crippen molar-refractivity contribution in [1.82, 2.24) is 15.1 Å². The van der Waals surface area contributed by atoms with Crippen molar-refractivity contribution in [2.45, 2.75) is 63.6 Å². The maximum atomic E-state index is 12.5. The van der Waals surface area contributed by atoms with Crippen LogP contribution in [0.2, 0.25) is 0 Å². The van der Waals surface area contributed by atoms with Crippen molar-refractivity contribution in [2.24, 2.45) is 0 Å². The van der Waals surface area contributed by atoms with Crippen molar-refractivity contribution in [3.05, 3.63) is 0 Å². The molecule has 0 radical (unpaired) electrons. The summed E-state index contributed by atoms with van der Waals surface area (Å²) in [7, 11) is 0. The summed E-state index contributed by atoms with van der Waals surface area (Å²) in [5, 5.41) is 20.6. The van der Waals surface area contributed by atoms with Crippen LogP contribution in [0, 0.1) is 0 Å². The van der Waals surface area contributed by atoms with Crippen LogP contribution in [0.5, 0.6) is 0 Å². The highest BCUT2D eigenvalue weighted by atomic mass is 16.4. The summed E-state index contributed by atoms with van der Waals surface area (Å²) in [6.45, 7) is 3.22. The van der Waals surface area contributed by atoms with Gasteiger partial charge < -0.3 is 20.4 Å². The Kier molecular flexibility index (Phi) is 6.96. The Labute approximate surface area is 152 Å². The van der Waals surface area contributed by atoms with Gasteiger partial charge in [-0.2, -0.15) is 0 Å². The van der Waals surface area contributed by atoms with Crippen molar-refractivity contribution in [1.29, 1.82) is 0 Å². The smallest absolute Gasteiger partial charge is 0.326 e. The van der Waals surface area contributed by atoms with Crippen LogP contribution in [0.4, 0.5) is 0 Å². The molecular formula is C17H27N3O6. The molecule has 0 aliphatic carbocycles. The normalized spacial score (nSPS) is 24.4. The predicted molar refractivity (Wildman–Crippen MR) is 91.4 cm³/mol. The SMILES string of the molecule is C[C@H](NC(=O)C1CCCN1CCCC(=O)O)C(=O)N1CCC[C@H]1C(=O)O. The molecule has 2 aliphatic heterocycles. The molecular weight excluding hydrogens is 342 g/mol. The first kappa shape index (κ1) is 20.2. The van der Waals surface area contributed by atoms with Gasteiger partial charge in [0, 0.05) is 13.0 Å². The second-order valence-corrected chi connectivity index (χ2v) is 6.95. The zero-order valence-corrected chi connectivity index (χ0v) is 15.0. The number of rotatable bonds is 8. The van der Waals surface area contributed by atoms with E-state index in [1.807, 2.05) is 4.90 Å².